The Labute approximate surface area is 146 Å². The lowest BCUT2D eigenvalue weighted by atomic mass is 10.1. The standard InChI is InChI=1S/C17H17N3O3.ClH/c21-16-6-10-23-15-2-1-12(11-14(15)20-16)3-9-19-17(22)13-4-7-18-8-5-13;/h1-2,4-5,7-8,11H,3,6,9-10H2,(H,19,22)(H,20,21);1H. The van der Waals surface area contributed by atoms with Gasteiger partial charge in [0.25, 0.3) is 5.91 Å². The number of amides is 2. The second-order valence-corrected chi connectivity index (χ2v) is 5.22. The molecule has 0 spiro atoms. The summed E-state index contributed by atoms with van der Waals surface area (Å²) in [6.45, 7) is 0.898. The first-order valence-electron chi connectivity index (χ1n) is 7.46. The first kappa shape index (κ1) is 17.7. The highest BCUT2D eigenvalue weighted by Gasteiger charge is 2.14. The van der Waals surface area contributed by atoms with Crippen molar-refractivity contribution in [2.75, 3.05) is 18.5 Å². The van der Waals surface area contributed by atoms with E-state index in [9.17, 15) is 9.59 Å². The van der Waals surface area contributed by atoms with Gasteiger partial charge in [0.05, 0.1) is 18.7 Å². The van der Waals surface area contributed by atoms with Crippen molar-refractivity contribution in [3.63, 3.8) is 0 Å². The Morgan fingerprint density at radius 1 is 1.25 bits per heavy atom. The highest BCUT2D eigenvalue weighted by molar-refractivity contribution is 5.94. The Kier molecular flexibility index (Phi) is 6.14. The molecule has 2 heterocycles. The number of anilines is 1. The highest BCUT2D eigenvalue weighted by Crippen LogP contribution is 2.28. The van der Waals surface area contributed by atoms with E-state index in [0.29, 0.717) is 43.0 Å². The minimum absolute atomic E-state index is 0. The Morgan fingerprint density at radius 2 is 2.04 bits per heavy atom. The number of aromatic nitrogens is 1. The van der Waals surface area contributed by atoms with Crippen molar-refractivity contribution in [3.8, 4) is 5.75 Å². The van der Waals surface area contributed by atoms with Crippen LogP contribution in [0.3, 0.4) is 0 Å². The zero-order valence-electron chi connectivity index (χ0n) is 13.0. The number of ether oxygens (including phenoxy) is 1. The van der Waals surface area contributed by atoms with Crippen LogP contribution in [0, 0.1) is 0 Å². The molecule has 0 radical (unpaired) electrons. The van der Waals surface area contributed by atoms with Crippen LogP contribution in [0.25, 0.3) is 0 Å². The van der Waals surface area contributed by atoms with Crippen LogP contribution in [-0.4, -0.2) is 29.9 Å². The Bertz CT molecular complexity index is 722. The lowest BCUT2D eigenvalue weighted by Crippen LogP contribution is -2.25. The fourth-order valence-corrected chi connectivity index (χ4v) is 2.35. The lowest BCUT2D eigenvalue weighted by molar-refractivity contribution is -0.116. The smallest absolute Gasteiger partial charge is 0.251 e. The van der Waals surface area contributed by atoms with Gasteiger partial charge in [-0.3, -0.25) is 14.6 Å². The zero-order chi connectivity index (χ0) is 16.1. The summed E-state index contributed by atoms with van der Waals surface area (Å²) in [7, 11) is 0. The number of rotatable bonds is 4. The molecule has 0 atom stereocenters. The number of nitrogens with zero attached hydrogens (tertiary/aromatic N) is 1. The van der Waals surface area contributed by atoms with Crippen LogP contribution in [0.5, 0.6) is 5.75 Å². The van der Waals surface area contributed by atoms with Gasteiger partial charge >= 0.3 is 0 Å². The van der Waals surface area contributed by atoms with E-state index in [0.717, 1.165) is 5.56 Å². The third-order valence-corrected chi connectivity index (χ3v) is 3.55. The molecule has 1 aromatic carbocycles. The second kappa shape index (κ2) is 8.31. The van der Waals surface area contributed by atoms with Gasteiger partial charge in [0, 0.05) is 24.5 Å². The van der Waals surface area contributed by atoms with Gasteiger partial charge < -0.3 is 15.4 Å². The van der Waals surface area contributed by atoms with Crippen LogP contribution >= 0.6 is 12.4 Å². The maximum absolute atomic E-state index is 11.9. The summed E-state index contributed by atoms with van der Waals surface area (Å²) in [6.07, 6.45) is 4.19. The summed E-state index contributed by atoms with van der Waals surface area (Å²) < 4.78 is 5.52. The average Bonchev–Trinajstić information content (AvgIpc) is 2.75. The minimum Gasteiger partial charge on any atom is -0.491 e. The molecular formula is C17H18ClN3O3. The van der Waals surface area contributed by atoms with Crippen molar-refractivity contribution < 1.29 is 14.3 Å². The molecule has 2 N–H and O–H groups in total. The van der Waals surface area contributed by atoms with Crippen molar-refractivity contribution in [2.45, 2.75) is 12.8 Å². The van der Waals surface area contributed by atoms with Crippen molar-refractivity contribution in [2.24, 2.45) is 0 Å². The molecule has 1 aromatic heterocycles. The number of hydrogen-bond acceptors (Lipinski definition) is 4. The van der Waals surface area contributed by atoms with Crippen LogP contribution in [0.2, 0.25) is 0 Å². The van der Waals surface area contributed by atoms with E-state index < -0.39 is 0 Å². The molecule has 3 rings (SSSR count). The third kappa shape index (κ3) is 4.45. The molecule has 0 aliphatic carbocycles. The molecule has 0 fully saturated rings. The summed E-state index contributed by atoms with van der Waals surface area (Å²) in [6, 6.07) is 9.02. The van der Waals surface area contributed by atoms with Gasteiger partial charge in [0.2, 0.25) is 5.91 Å². The van der Waals surface area contributed by atoms with Gasteiger partial charge in [0.1, 0.15) is 5.75 Å². The number of fused-ring (bicyclic) bond motifs is 1. The highest BCUT2D eigenvalue weighted by atomic mass is 35.5. The van der Waals surface area contributed by atoms with E-state index in [2.05, 4.69) is 15.6 Å². The molecule has 2 aromatic rings. The molecule has 6 nitrogen and oxygen atoms in total. The minimum atomic E-state index is -0.126. The summed E-state index contributed by atoms with van der Waals surface area (Å²) in [4.78, 5) is 27.4. The van der Waals surface area contributed by atoms with E-state index in [-0.39, 0.29) is 24.2 Å². The predicted octanol–water partition coefficient (Wildman–Crippen LogP) is 2.20. The number of halogens is 1. The maximum atomic E-state index is 11.9. The zero-order valence-corrected chi connectivity index (χ0v) is 13.8. The molecule has 126 valence electrons. The van der Waals surface area contributed by atoms with Crippen LogP contribution in [0.4, 0.5) is 5.69 Å². The number of nitrogens with one attached hydrogen (secondary N) is 2. The van der Waals surface area contributed by atoms with Crippen LogP contribution < -0.4 is 15.4 Å². The number of carbonyl (C=O) groups excluding carboxylic acids is 2. The average molecular weight is 348 g/mol. The quantitative estimate of drug-likeness (QED) is 0.888. The van der Waals surface area contributed by atoms with Gasteiger partial charge in [-0.1, -0.05) is 6.07 Å². The normalized spacial score (nSPS) is 12.8. The second-order valence-electron chi connectivity index (χ2n) is 5.22. The van der Waals surface area contributed by atoms with Crippen molar-refractivity contribution in [3.05, 3.63) is 53.9 Å². The molecular weight excluding hydrogens is 330 g/mol. The number of carbonyl (C=O) groups is 2. The summed E-state index contributed by atoms with van der Waals surface area (Å²) in [5, 5.41) is 5.69. The molecule has 0 saturated carbocycles. The molecule has 2 amide bonds. The van der Waals surface area contributed by atoms with Crippen LogP contribution in [0.1, 0.15) is 22.3 Å². The number of pyridine rings is 1. The van der Waals surface area contributed by atoms with E-state index in [1.54, 1.807) is 24.5 Å². The Morgan fingerprint density at radius 3 is 2.83 bits per heavy atom. The van der Waals surface area contributed by atoms with Gasteiger partial charge in [-0.15, -0.1) is 12.4 Å². The van der Waals surface area contributed by atoms with E-state index in [1.807, 2.05) is 18.2 Å². The van der Waals surface area contributed by atoms with Crippen molar-refractivity contribution >= 4 is 29.9 Å². The summed E-state index contributed by atoms with van der Waals surface area (Å²) in [5.74, 6) is 0.506. The van der Waals surface area contributed by atoms with E-state index in [1.165, 1.54) is 0 Å². The molecule has 1 aliphatic rings. The first-order valence-corrected chi connectivity index (χ1v) is 7.46. The topological polar surface area (TPSA) is 80.3 Å². The van der Waals surface area contributed by atoms with Gasteiger partial charge in [-0.2, -0.15) is 0 Å². The van der Waals surface area contributed by atoms with Crippen LogP contribution in [0.15, 0.2) is 42.7 Å². The van der Waals surface area contributed by atoms with Gasteiger partial charge in [-0.25, -0.2) is 0 Å². The summed E-state index contributed by atoms with van der Waals surface area (Å²) in [5.41, 5.74) is 2.29. The first-order chi connectivity index (χ1) is 11.2. The molecule has 0 bridgehead atoms. The monoisotopic (exact) mass is 347 g/mol. The van der Waals surface area contributed by atoms with E-state index >= 15 is 0 Å². The van der Waals surface area contributed by atoms with Gasteiger partial charge in [0.15, 0.2) is 0 Å². The molecule has 1 aliphatic heterocycles. The van der Waals surface area contributed by atoms with E-state index in [4.69, 9.17) is 4.74 Å². The Balaban J connectivity index is 0.00000208. The predicted molar refractivity (Wildman–Crippen MR) is 92.7 cm³/mol. The fourth-order valence-electron chi connectivity index (χ4n) is 2.35. The molecule has 24 heavy (non-hydrogen) atoms. The molecule has 0 saturated heterocycles. The van der Waals surface area contributed by atoms with Gasteiger partial charge in [-0.05, 0) is 36.2 Å². The third-order valence-electron chi connectivity index (χ3n) is 3.55. The SMILES string of the molecule is Cl.O=C1CCOc2ccc(CCNC(=O)c3ccncc3)cc2N1. The fraction of sp³-hybridized carbons (Fsp3) is 0.235. The molecule has 7 heteroatoms. The molecule has 0 unspecified atom stereocenters. The maximum Gasteiger partial charge on any atom is 0.251 e. The summed E-state index contributed by atoms with van der Waals surface area (Å²) >= 11 is 0. The number of hydrogen-bond donors (Lipinski definition) is 2. The number of benzene rings is 1. The Hall–Kier alpha value is -2.60. The van der Waals surface area contributed by atoms with Crippen LogP contribution in [-0.2, 0) is 11.2 Å². The lowest BCUT2D eigenvalue weighted by Gasteiger charge is -2.10. The largest absolute Gasteiger partial charge is 0.491 e. The van der Waals surface area contributed by atoms with Crippen molar-refractivity contribution in [1.29, 1.82) is 0 Å². The van der Waals surface area contributed by atoms with Crippen molar-refractivity contribution in [1.82, 2.24) is 10.3 Å².